The minimum atomic E-state index is -3.05. The zero-order chi connectivity index (χ0) is 11.5. The van der Waals surface area contributed by atoms with Gasteiger partial charge in [0.05, 0.1) is 14.8 Å². The van der Waals surface area contributed by atoms with E-state index >= 15 is 0 Å². The predicted molar refractivity (Wildman–Crippen MR) is 67.8 cm³/mol. The van der Waals surface area contributed by atoms with E-state index in [4.69, 9.17) is 5.73 Å². The number of halogens is 1. The van der Waals surface area contributed by atoms with Crippen molar-refractivity contribution >= 4 is 37.1 Å². The Hall–Kier alpha value is 0.0900. The van der Waals surface area contributed by atoms with Crippen LogP contribution in [0.1, 0.15) is 18.2 Å². The normalized spacial score (nSPS) is 14.1. The van der Waals surface area contributed by atoms with Crippen LogP contribution in [0.3, 0.4) is 0 Å². The molecule has 3 nitrogen and oxygen atoms in total. The van der Waals surface area contributed by atoms with Crippen molar-refractivity contribution in [1.82, 2.24) is 0 Å². The molecule has 0 aliphatic heterocycles. The van der Waals surface area contributed by atoms with Crippen LogP contribution in [0.4, 0.5) is 0 Å². The Bertz CT molecular complexity index is 414. The van der Waals surface area contributed by atoms with Crippen LogP contribution in [0.25, 0.3) is 0 Å². The Kier molecular flexibility index (Phi) is 4.76. The Balaban J connectivity index is 2.72. The highest BCUT2D eigenvalue weighted by molar-refractivity contribution is 9.11. The van der Waals surface area contributed by atoms with E-state index in [1.807, 2.05) is 12.1 Å². The predicted octanol–water partition coefficient (Wildman–Crippen LogP) is 2.16. The molecule has 0 radical (unpaired) electrons. The molecule has 2 N–H and O–H groups in total. The lowest BCUT2D eigenvalue weighted by Crippen LogP contribution is -2.22. The van der Waals surface area contributed by atoms with Crippen LogP contribution in [0.2, 0.25) is 0 Å². The average molecular weight is 312 g/mol. The van der Waals surface area contributed by atoms with Gasteiger partial charge in [0, 0.05) is 4.88 Å². The first-order valence-electron chi connectivity index (χ1n) is 4.61. The van der Waals surface area contributed by atoms with E-state index in [9.17, 15) is 8.42 Å². The molecule has 1 unspecified atom stereocenters. The highest BCUT2D eigenvalue weighted by Gasteiger charge is 2.21. The van der Waals surface area contributed by atoms with Crippen LogP contribution >= 0.6 is 27.3 Å². The summed E-state index contributed by atoms with van der Waals surface area (Å²) in [7, 11) is -3.05. The molecular weight excluding hydrogens is 298 g/mol. The Morgan fingerprint density at radius 1 is 1.53 bits per heavy atom. The van der Waals surface area contributed by atoms with Gasteiger partial charge in [0.25, 0.3) is 0 Å². The molecule has 1 atom stereocenters. The van der Waals surface area contributed by atoms with Gasteiger partial charge < -0.3 is 5.73 Å². The summed E-state index contributed by atoms with van der Waals surface area (Å²) < 4.78 is 24.6. The summed E-state index contributed by atoms with van der Waals surface area (Å²) >= 11 is 4.77. The minimum absolute atomic E-state index is 0.116. The van der Waals surface area contributed by atoms with Crippen LogP contribution in [0.5, 0.6) is 0 Å². The van der Waals surface area contributed by atoms with Crippen molar-refractivity contribution in [2.75, 3.05) is 6.54 Å². The lowest BCUT2D eigenvalue weighted by atomic mass is 10.3. The number of sulfone groups is 1. The monoisotopic (exact) mass is 311 g/mol. The smallest absolute Gasteiger partial charge is 0.157 e. The van der Waals surface area contributed by atoms with Crippen LogP contribution in [0, 0.1) is 0 Å². The van der Waals surface area contributed by atoms with E-state index < -0.39 is 9.84 Å². The van der Waals surface area contributed by atoms with Gasteiger partial charge in [-0.1, -0.05) is 0 Å². The topological polar surface area (TPSA) is 60.2 Å². The maximum absolute atomic E-state index is 11.8. The van der Waals surface area contributed by atoms with Crippen molar-refractivity contribution < 1.29 is 8.42 Å². The molecule has 1 rings (SSSR count). The lowest BCUT2D eigenvalue weighted by Gasteiger charge is -2.10. The van der Waals surface area contributed by atoms with Crippen molar-refractivity contribution in [2.24, 2.45) is 5.73 Å². The fourth-order valence-electron chi connectivity index (χ4n) is 1.18. The van der Waals surface area contributed by atoms with E-state index in [2.05, 4.69) is 15.9 Å². The van der Waals surface area contributed by atoms with Gasteiger partial charge in [0.15, 0.2) is 9.84 Å². The second-order valence-corrected chi connectivity index (χ2v) is 8.37. The van der Waals surface area contributed by atoms with Crippen LogP contribution in [-0.4, -0.2) is 20.2 Å². The molecule has 1 aromatic heterocycles. The molecule has 0 aromatic carbocycles. The van der Waals surface area contributed by atoms with Crippen molar-refractivity contribution in [2.45, 2.75) is 24.3 Å². The molecule has 0 bridgehead atoms. The van der Waals surface area contributed by atoms with Gasteiger partial charge in [-0.3, -0.25) is 0 Å². The van der Waals surface area contributed by atoms with Crippen molar-refractivity contribution in [3.05, 3.63) is 20.8 Å². The molecular formula is C9H14BrNO2S2. The first-order valence-corrected chi connectivity index (χ1v) is 7.94. The molecule has 0 aliphatic carbocycles. The highest BCUT2D eigenvalue weighted by atomic mass is 79.9. The summed E-state index contributed by atoms with van der Waals surface area (Å²) in [6.45, 7) is 2.12. The number of thiophene rings is 1. The molecule has 0 fully saturated rings. The standard InChI is InChI=1S/C9H14BrNO2S2/c1-7(4-5-11)15(12,13)6-8-2-3-9(10)14-8/h2-3,7H,4-6,11H2,1H3. The molecule has 0 saturated heterocycles. The zero-order valence-electron chi connectivity index (χ0n) is 8.44. The van der Waals surface area contributed by atoms with E-state index in [0.29, 0.717) is 13.0 Å². The van der Waals surface area contributed by atoms with Gasteiger partial charge in [0.2, 0.25) is 0 Å². The van der Waals surface area contributed by atoms with Crippen molar-refractivity contribution in [3.8, 4) is 0 Å². The maximum Gasteiger partial charge on any atom is 0.157 e. The quantitative estimate of drug-likeness (QED) is 0.906. The summed E-state index contributed by atoms with van der Waals surface area (Å²) in [4.78, 5) is 0.866. The van der Waals surface area contributed by atoms with Gasteiger partial charge >= 0.3 is 0 Å². The largest absolute Gasteiger partial charge is 0.330 e. The SMILES string of the molecule is CC(CCN)S(=O)(=O)Cc1ccc(Br)s1. The number of nitrogens with two attached hydrogens (primary N) is 1. The summed E-state index contributed by atoms with van der Waals surface area (Å²) in [5, 5.41) is -0.358. The van der Waals surface area contributed by atoms with Crippen molar-refractivity contribution in [3.63, 3.8) is 0 Å². The third-order valence-corrected chi connectivity index (χ3v) is 6.14. The van der Waals surface area contributed by atoms with Gasteiger partial charge in [0.1, 0.15) is 0 Å². The second-order valence-electron chi connectivity index (χ2n) is 3.40. The molecule has 0 aliphatic rings. The summed E-state index contributed by atoms with van der Waals surface area (Å²) in [6.07, 6.45) is 0.523. The maximum atomic E-state index is 11.8. The molecule has 0 amide bonds. The Labute approximate surface area is 103 Å². The van der Waals surface area contributed by atoms with Gasteiger partial charge in [-0.05, 0) is 48.0 Å². The molecule has 1 heterocycles. The lowest BCUT2D eigenvalue weighted by molar-refractivity contribution is 0.578. The van der Waals surface area contributed by atoms with Crippen LogP contribution in [0.15, 0.2) is 15.9 Å². The molecule has 6 heteroatoms. The van der Waals surface area contributed by atoms with Crippen molar-refractivity contribution in [1.29, 1.82) is 0 Å². The molecule has 0 saturated carbocycles. The van der Waals surface area contributed by atoms with Gasteiger partial charge in [-0.2, -0.15) is 0 Å². The van der Waals surface area contributed by atoms with Crippen LogP contribution < -0.4 is 5.73 Å². The third-order valence-electron chi connectivity index (χ3n) is 2.16. The molecule has 86 valence electrons. The summed E-state index contributed by atoms with van der Waals surface area (Å²) in [5.74, 6) is 0.116. The van der Waals surface area contributed by atoms with Gasteiger partial charge in [-0.15, -0.1) is 11.3 Å². The fraction of sp³-hybridized carbons (Fsp3) is 0.556. The summed E-state index contributed by atoms with van der Waals surface area (Å²) in [6, 6.07) is 3.70. The zero-order valence-corrected chi connectivity index (χ0v) is 11.7. The van der Waals surface area contributed by atoms with E-state index in [1.54, 1.807) is 6.92 Å². The second kappa shape index (κ2) is 5.43. The first kappa shape index (κ1) is 13.2. The number of hydrogen-bond donors (Lipinski definition) is 1. The molecule has 15 heavy (non-hydrogen) atoms. The Morgan fingerprint density at radius 3 is 2.67 bits per heavy atom. The summed E-state index contributed by atoms with van der Waals surface area (Å²) in [5.41, 5.74) is 5.35. The van der Waals surface area contributed by atoms with E-state index in [-0.39, 0.29) is 11.0 Å². The highest BCUT2D eigenvalue weighted by Crippen LogP contribution is 2.25. The number of hydrogen-bond acceptors (Lipinski definition) is 4. The fourth-order valence-corrected chi connectivity index (χ4v) is 4.46. The first-order chi connectivity index (χ1) is 6.95. The molecule has 1 aromatic rings. The van der Waals surface area contributed by atoms with Crippen LogP contribution in [-0.2, 0) is 15.6 Å². The van der Waals surface area contributed by atoms with E-state index in [1.165, 1.54) is 11.3 Å². The van der Waals surface area contributed by atoms with E-state index in [0.717, 1.165) is 8.66 Å². The van der Waals surface area contributed by atoms with Gasteiger partial charge in [-0.25, -0.2) is 8.42 Å². The minimum Gasteiger partial charge on any atom is -0.330 e. The number of rotatable bonds is 5. The molecule has 0 spiro atoms. The average Bonchev–Trinajstić information content (AvgIpc) is 2.50. The Morgan fingerprint density at radius 2 is 2.20 bits per heavy atom. The third kappa shape index (κ3) is 3.86.